The fourth-order valence-corrected chi connectivity index (χ4v) is 3.12. The summed E-state index contributed by atoms with van der Waals surface area (Å²) < 4.78 is 5.26. The molecule has 0 aliphatic rings. The van der Waals surface area contributed by atoms with E-state index in [2.05, 4.69) is 29.9 Å². The highest BCUT2D eigenvalue weighted by atomic mass is 32.1. The summed E-state index contributed by atoms with van der Waals surface area (Å²) in [7, 11) is 1.67. The van der Waals surface area contributed by atoms with Crippen molar-refractivity contribution < 1.29 is 4.74 Å². The van der Waals surface area contributed by atoms with Gasteiger partial charge in [-0.25, -0.2) is 5.43 Å². The summed E-state index contributed by atoms with van der Waals surface area (Å²) in [5.41, 5.74) is 5.36. The molecular weight excluding hydrogens is 244 g/mol. The monoisotopic (exact) mass is 262 g/mol. The molecule has 1 unspecified atom stereocenters. The van der Waals surface area contributed by atoms with Crippen LogP contribution in [0.1, 0.15) is 29.0 Å². The van der Waals surface area contributed by atoms with Gasteiger partial charge in [0.2, 0.25) is 0 Å². The minimum Gasteiger partial charge on any atom is -0.497 e. The number of thiophene rings is 1. The van der Waals surface area contributed by atoms with E-state index in [-0.39, 0.29) is 6.04 Å². The van der Waals surface area contributed by atoms with Crippen LogP contribution >= 0.6 is 11.3 Å². The Labute approximate surface area is 112 Å². The van der Waals surface area contributed by atoms with E-state index in [4.69, 9.17) is 10.6 Å². The molecule has 0 aliphatic carbocycles. The molecule has 0 bridgehead atoms. The molecule has 0 saturated carbocycles. The predicted molar refractivity (Wildman–Crippen MR) is 75.9 cm³/mol. The lowest BCUT2D eigenvalue weighted by atomic mass is 10.0. The summed E-state index contributed by atoms with van der Waals surface area (Å²) >= 11 is 1.73. The Morgan fingerprint density at radius 2 is 2.22 bits per heavy atom. The predicted octanol–water partition coefficient (Wildman–Crippen LogP) is 2.87. The molecule has 1 aromatic carbocycles. The summed E-state index contributed by atoms with van der Waals surface area (Å²) in [4.78, 5) is 1.27. The van der Waals surface area contributed by atoms with E-state index in [1.807, 2.05) is 18.2 Å². The Balaban J connectivity index is 2.38. The standard InChI is InChI=1S/C14H18N2OS/c1-3-10-7-8-18-14(10)13(16-15)11-5-4-6-12(9-11)17-2/h4-9,13,16H,3,15H2,1-2H3. The van der Waals surface area contributed by atoms with Gasteiger partial charge in [-0.2, -0.15) is 0 Å². The van der Waals surface area contributed by atoms with Gasteiger partial charge in [0, 0.05) is 4.88 Å². The summed E-state index contributed by atoms with van der Waals surface area (Å²) in [6.07, 6.45) is 1.01. The Morgan fingerprint density at radius 1 is 1.39 bits per heavy atom. The average molecular weight is 262 g/mol. The summed E-state index contributed by atoms with van der Waals surface area (Å²) in [6.45, 7) is 2.16. The fourth-order valence-electron chi connectivity index (χ4n) is 2.04. The van der Waals surface area contributed by atoms with Gasteiger partial charge in [-0.05, 0) is 41.1 Å². The molecule has 18 heavy (non-hydrogen) atoms. The molecule has 0 aliphatic heterocycles. The lowest BCUT2D eigenvalue weighted by Gasteiger charge is -2.17. The number of hydrogen-bond acceptors (Lipinski definition) is 4. The van der Waals surface area contributed by atoms with Crippen molar-refractivity contribution in [3.05, 3.63) is 51.7 Å². The van der Waals surface area contributed by atoms with Crippen LogP contribution in [-0.2, 0) is 6.42 Å². The van der Waals surface area contributed by atoms with Crippen molar-refractivity contribution in [2.75, 3.05) is 7.11 Å². The number of ether oxygens (including phenoxy) is 1. The maximum absolute atomic E-state index is 5.73. The molecule has 0 amide bonds. The van der Waals surface area contributed by atoms with Gasteiger partial charge < -0.3 is 4.74 Å². The van der Waals surface area contributed by atoms with Crippen LogP contribution in [0.3, 0.4) is 0 Å². The number of benzene rings is 1. The van der Waals surface area contributed by atoms with Crippen LogP contribution in [0.4, 0.5) is 0 Å². The first-order valence-corrected chi connectivity index (χ1v) is 6.84. The van der Waals surface area contributed by atoms with Crippen molar-refractivity contribution >= 4 is 11.3 Å². The Bertz CT molecular complexity index is 510. The van der Waals surface area contributed by atoms with Crippen LogP contribution in [0.5, 0.6) is 5.75 Å². The van der Waals surface area contributed by atoms with E-state index in [0.29, 0.717) is 0 Å². The molecule has 96 valence electrons. The van der Waals surface area contributed by atoms with Crippen LogP contribution in [-0.4, -0.2) is 7.11 Å². The van der Waals surface area contributed by atoms with Gasteiger partial charge >= 0.3 is 0 Å². The molecule has 0 spiro atoms. The number of methoxy groups -OCH3 is 1. The summed E-state index contributed by atoms with van der Waals surface area (Å²) in [5.74, 6) is 6.58. The molecular formula is C14H18N2OS. The molecule has 0 fully saturated rings. The Hall–Kier alpha value is -1.36. The Morgan fingerprint density at radius 3 is 2.89 bits per heavy atom. The van der Waals surface area contributed by atoms with Crippen LogP contribution < -0.4 is 16.0 Å². The topological polar surface area (TPSA) is 47.3 Å². The molecule has 2 rings (SSSR count). The van der Waals surface area contributed by atoms with E-state index in [1.165, 1.54) is 10.4 Å². The van der Waals surface area contributed by atoms with Crippen LogP contribution in [0.25, 0.3) is 0 Å². The number of nitrogens with one attached hydrogen (secondary N) is 1. The molecule has 3 nitrogen and oxygen atoms in total. The van der Waals surface area contributed by atoms with Crippen molar-refractivity contribution in [1.82, 2.24) is 5.43 Å². The average Bonchev–Trinajstić information content (AvgIpc) is 2.88. The largest absolute Gasteiger partial charge is 0.497 e. The zero-order valence-electron chi connectivity index (χ0n) is 10.6. The molecule has 1 heterocycles. The highest BCUT2D eigenvalue weighted by Crippen LogP contribution is 2.31. The zero-order valence-corrected chi connectivity index (χ0v) is 11.5. The molecule has 2 aromatic rings. The molecule has 3 N–H and O–H groups in total. The normalized spacial score (nSPS) is 12.4. The minimum absolute atomic E-state index is 0.0232. The van der Waals surface area contributed by atoms with E-state index in [1.54, 1.807) is 18.4 Å². The second-order valence-corrected chi connectivity index (χ2v) is 4.99. The van der Waals surface area contributed by atoms with Gasteiger partial charge in [0.1, 0.15) is 5.75 Å². The highest BCUT2D eigenvalue weighted by Gasteiger charge is 2.17. The molecule has 1 atom stereocenters. The first-order valence-electron chi connectivity index (χ1n) is 5.96. The number of hydrazine groups is 1. The fraction of sp³-hybridized carbons (Fsp3) is 0.286. The summed E-state index contributed by atoms with van der Waals surface area (Å²) in [5, 5.41) is 2.11. The number of rotatable bonds is 5. The van der Waals surface area contributed by atoms with E-state index >= 15 is 0 Å². The third-order valence-electron chi connectivity index (χ3n) is 3.02. The number of aryl methyl sites for hydroxylation is 1. The first kappa shape index (κ1) is 13.1. The molecule has 4 heteroatoms. The van der Waals surface area contributed by atoms with Gasteiger partial charge in [-0.15, -0.1) is 11.3 Å². The van der Waals surface area contributed by atoms with Gasteiger partial charge in [0.15, 0.2) is 0 Å². The van der Waals surface area contributed by atoms with Gasteiger partial charge in [0.25, 0.3) is 0 Å². The van der Waals surface area contributed by atoms with Crippen LogP contribution in [0.2, 0.25) is 0 Å². The highest BCUT2D eigenvalue weighted by molar-refractivity contribution is 7.10. The molecule has 0 radical (unpaired) electrons. The smallest absolute Gasteiger partial charge is 0.119 e. The van der Waals surface area contributed by atoms with Crippen molar-refractivity contribution in [2.45, 2.75) is 19.4 Å². The second kappa shape index (κ2) is 6.00. The van der Waals surface area contributed by atoms with E-state index < -0.39 is 0 Å². The quantitative estimate of drug-likeness (QED) is 0.643. The van der Waals surface area contributed by atoms with E-state index in [0.717, 1.165) is 17.7 Å². The van der Waals surface area contributed by atoms with E-state index in [9.17, 15) is 0 Å². The van der Waals surface area contributed by atoms with Crippen molar-refractivity contribution in [3.63, 3.8) is 0 Å². The van der Waals surface area contributed by atoms with Crippen LogP contribution in [0, 0.1) is 0 Å². The third-order valence-corrected chi connectivity index (χ3v) is 4.04. The first-order chi connectivity index (χ1) is 8.80. The second-order valence-electron chi connectivity index (χ2n) is 4.04. The SMILES string of the molecule is CCc1ccsc1C(NN)c1cccc(OC)c1. The maximum Gasteiger partial charge on any atom is 0.119 e. The molecule has 0 saturated heterocycles. The third kappa shape index (κ3) is 2.56. The number of hydrogen-bond donors (Lipinski definition) is 2. The Kier molecular flexibility index (Phi) is 4.36. The van der Waals surface area contributed by atoms with Crippen molar-refractivity contribution in [2.24, 2.45) is 5.84 Å². The maximum atomic E-state index is 5.73. The van der Waals surface area contributed by atoms with Crippen molar-refractivity contribution in [3.8, 4) is 5.75 Å². The minimum atomic E-state index is 0.0232. The number of nitrogens with two attached hydrogens (primary N) is 1. The summed E-state index contributed by atoms with van der Waals surface area (Å²) in [6, 6.07) is 10.2. The lowest BCUT2D eigenvalue weighted by molar-refractivity contribution is 0.413. The van der Waals surface area contributed by atoms with Gasteiger partial charge in [-0.3, -0.25) is 5.84 Å². The van der Waals surface area contributed by atoms with Gasteiger partial charge in [-0.1, -0.05) is 19.1 Å². The van der Waals surface area contributed by atoms with Gasteiger partial charge in [0.05, 0.1) is 13.2 Å². The van der Waals surface area contributed by atoms with Crippen LogP contribution in [0.15, 0.2) is 35.7 Å². The van der Waals surface area contributed by atoms with Crippen molar-refractivity contribution in [1.29, 1.82) is 0 Å². The lowest BCUT2D eigenvalue weighted by Crippen LogP contribution is -2.28. The molecule has 1 aromatic heterocycles. The zero-order chi connectivity index (χ0) is 13.0.